The van der Waals surface area contributed by atoms with Gasteiger partial charge in [-0.15, -0.1) is 0 Å². The lowest BCUT2D eigenvalue weighted by atomic mass is 9.86. The lowest BCUT2D eigenvalue weighted by molar-refractivity contribution is -0.151. The van der Waals surface area contributed by atoms with E-state index in [4.69, 9.17) is 0 Å². The molecule has 1 saturated carbocycles. The molecular formula is C18H22F2O3. The van der Waals surface area contributed by atoms with Crippen LogP contribution in [-0.2, 0) is 16.0 Å². The second-order valence-corrected chi connectivity index (χ2v) is 6.09. The number of rotatable bonds is 3. The van der Waals surface area contributed by atoms with Crippen LogP contribution in [0.2, 0.25) is 0 Å². The van der Waals surface area contributed by atoms with Crippen molar-refractivity contribution >= 4 is 11.8 Å². The van der Waals surface area contributed by atoms with Crippen LogP contribution in [0.5, 0.6) is 0 Å². The molecule has 3 nitrogen and oxygen atoms in total. The molecule has 2 rings (SSSR count). The molecule has 1 aromatic rings. The van der Waals surface area contributed by atoms with E-state index in [1.54, 1.807) is 24.3 Å². The summed E-state index contributed by atoms with van der Waals surface area (Å²) in [5.41, 5.74) is 1.09. The molecule has 0 spiro atoms. The first-order valence-corrected chi connectivity index (χ1v) is 8.03. The number of ether oxygens (including phenoxy) is 1. The topological polar surface area (TPSA) is 43.4 Å². The summed E-state index contributed by atoms with van der Waals surface area (Å²) in [6.45, 7) is 0. The third-order valence-corrected chi connectivity index (χ3v) is 4.45. The monoisotopic (exact) mass is 324 g/mol. The maximum atomic E-state index is 14.4. The Labute approximate surface area is 135 Å². The molecule has 1 aromatic carbocycles. The summed E-state index contributed by atoms with van der Waals surface area (Å²) >= 11 is 0. The first kappa shape index (κ1) is 17.6. The number of hydrogen-bond acceptors (Lipinski definition) is 3. The predicted octanol–water partition coefficient (Wildman–Crippen LogP) is 4.19. The van der Waals surface area contributed by atoms with E-state index in [2.05, 4.69) is 4.74 Å². The first-order valence-electron chi connectivity index (χ1n) is 8.03. The minimum atomic E-state index is -3.27. The fourth-order valence-electron chi connectivity index (χ4n) is 3.01. The molecule has 1 aliphatic rings. The maximum Gasteiger partial charge on any atom is 0.337 e. The van der Waals surface area contributed by atoms with Crippen LogP contribution in [-0.4, -0.2) is 24.8 Å². The van der Waals surface area contributed by atoms with Crippen molar-refractivity contribution in [3.05, 3.63) is 35.4 Å². The Balaban J connectivity index is 2.14. The molecule has 0 aliphatic heterocycles. The second kappa shape index (κ2) is 7.66. The first-order chi connectivity index (χ1) is 10.9. The summed E-state index contributed by atoms with van der Waals surface area (Å²) in [4.78, 5) is 23.2. The highest BCUT2D eigenvalue weighted by molar-refractivity contribution is 5.89. The summed E-state index contributed by atoms with van der Waals surface area (Å²) in [7, 11) is 1.29. The Hall–Kier alpha value is -1.78. The van der Waals surface area contributed by atoms with E-state index in [9.17, 15) is 18.4 Å². The minimum Gasteiger partial charge on any atom is -0.465 e. The lowest BCUT2D eigenvalue weighted by Gasteiger charge is -2.25. The van der Waals surface area contributed by atoms with Crippen LogP contribution in [0.4, 0.5) is 8.78 Å². The van der Waals surface area contributed by atoms with E-state index in [-0.39, 0.29) is 12.8 Å². The van der Waals surface area contributed by atoms with Crippen molar-refractivity contribution in [3.63, 3.8) is 0 Å². The Kier molecular flexibility index (Phi) is 5.85. The molecule has 0 heterocycles. The highest BCUT2D eigenvalue weighted by Crippen LogP contribution is 2.35. The van der Waals surface area contributed by atoms with E-state index in [1.807, 2.05) is 0 Å². The largest absolute Gasteiger partial charge is 0.465 e. The number of carbonyl (C=O) groups excluding carboxylic acids is 2. The summed E-state index contributed by atoms with van der Waals surface area (Å²) in [5.74, 6) is -5.64. The number of carbonyl (C=O) groups is 2. The molecule has 1 atom stereocenters. The van der Waals surface area contributed by atoms with Crippen molar-refractivity contribution in [3.8, 4) is 0 Å². The SMILES string of the molecule is COC(=O)c1ccc(CC2CCCCCCC(=O)C2(F)F)cc1. The molecule has 126 valence electrons. The van der Waals surface area contributed by atoms with Crippen molar-refractivity contribution in [2.75, 3.05) is 7.11 Å². The average molecular weight is 324 g/mol. The molecule has 0 radical (unpaired) electrons. The summed E-state index contributed by atoms with van der Waals surface area (Å²) in [6.07, 6.45) is 3.44. The van der Waals surface area contributed by atoms with Crippen LogP contribution in [0.3, 0.4) is 0 Å². The molecule has 1 fully saturated rings. The zero-order valence-electron chi connectivity index (χ0n) is 13.3. The third-order valence-electron chi connectivity index (χ3n) is 4.45. The Bertz CT molecular complexity index is 552. The number of ketones is 1. The fraction of sp³-hybridized carbons (Fsp3) is 0.556. The fourth-order valence-corrected chi connectivity index (χ4v) is 3.01. The molecule has 1 unspecified atom stereocenters. The van der Waals surface area contributed by atoms with Crippen LogP contribution in [0.25, 0.3) is 0 Å². The number of esters is 1. The zero-order valence-corrected chi connectivity index (χ0v) is 13.3. The molecule has 0 saturated heterocycles. The molecule has 1 aliphatic carbocycles. The molecule has 0 amide bonds. The van der Waals surface area contributed by atoms with Crippen LogP contribution in [0.1, 0.15) is 54.4 Å². The Morgan fingerprint density at radius 1 is 1.17 bits per heavy atom. The number of hydrogen-bond donors (Lipinski definition) is 0. The third kappa shape index (κ3) is 4.36. The van der Waals surface area contributed by atoms with Gasteiger partial charge in [-0.2, -0.15) is 8.78 Å². The van der Waals surface area contributed by atoms with Crippen molar-refractivity contribution < 1.29 is 23.1 Å². The van der Waals surface area contributed by atoms with Gasteiger partial charge in [-0.3, -0.25) is 4.79 Å². The number of alkyl halides is 2. The van der Waals surface area contributed by atoms with E-state index in [0.29, 0.717) is 30.4 Å². The normalized spacial score (nSPS) is 21.9. The molecule has 23 heavy (non-hydrogen) atoms. The minimum absolute atomic E-state index is 0.0369. The van der Waals surface area contributed by atoms with Gasteiger partial charge in [0.15, 0.2) is 0 Å². The average Bonchev–Trinajstić information content (AvgIpc) is 2.60. The lowest BCUT2D eigenvalue weighted by Crippen LogP contribution is -2.38. The Morgan fingerprint density at radius 3 is 2.48 bits per heavy atom. The van der Waals surface area contributed by atoms with Crippen molar-refractivity contribution in [1.29, 1.82) is 0 Å². The molecular weight excluding hydrogens is 302 g/mol. The molecule has 0 bridgehead atoms. The van der Waals surface area contributed by atoms with Crippen LogP contribution >= 0.6 is 0 Å². The van der Waals surface area contributed by atoms with Crippen LogP contribution < -0.4 is 0 Å². The molecule has 0 N–H and O–H groups in total. The second-order valence-electron chi connectivity index (χ2n) is 6.09. The van der Waals surface area contributed by atoms with Gasteiger partial charge in [0.25, 0.3) is 0 Å². The molecule has 5 heteroatoms. The van der Waals surface area contributed by atoms with Gasteiger partial charge in [0.1, 0.15) is 0 Å². The van der Waals surface area contributed by atoms with E-state index < -0.39 is 23.6 Å². The van der Waals surface area contributed by atoms with Gasteiger partial charge in [0.2, 0.25) is 5.78 Å². The zero-order chi connectivity index (χ0) is 16.9. The van der Waals surface area contributed by atoms with Crippen molar-refractivity contribution in [1.82, 2.24) is 0 Å². The van der Waals surface area contributed by atoms with Gasteiger partial charge < -0.3 is 4.74 Å². The predicted molar refractivity (Wildman–Crippen MR) is 82.6 cm³/mol. The van der Waals surface area contributed by atoms with Gasteiger partial charge in [-0.1, -0.05) is 31.4 Å². The van der Waals surface area contributed by atoms with Gasteiger partial charge >= 0.3 is 11.9 Å². The quantitative estimate of drug-likeness (QED) is 0.783. The number of methoxy groups -OCH3 is 1. The van der Waals surface area contributed by atoms with Gasteiger partial charge in [0.05, 0.1) is 12.7 Å². The number of Topliss-reactive ketones (excluding diaryl/α,β-unsaturated/α-hetero) is 1. The summed E-state index contributed by atoms with van der Waals surface area (Å²) in [6, 6.07) is 6.44. The molecule has 0 aromatic heterocycles. The number of halogens is 2. The standard InChI is InChI=1S/C18H22F2O3/c1-23-17(22)14-10-8-13(9-11-14)12-15-6-4-2-3-5-7-16(21)18(15,19)20/h8-11,15H,2-7,12H2,1H3. The van der Waals surface area contributed by atoms with Crippen molar-refractivity contribution in [2.45, 2.75) is 50.9 Å². The van der Waals surface area contributed by atoms with E-state index in [1.165, 1.54) is 7.11 Å². The summed E-state index contributed by atoms with van der Waals surface area (Å²) < 4.78 is 33.4. The maximum absolute atomic E-state index is 14.4. The van der Waals surface area contributed by atoms with Gasteiger partial charge in [-0.05, 0) is 37.0 Å². The van der Waals surface area contributed by atoms with Crippen molar-refractivity contribution in [2.24, 2.45) is 5.92 Å². The van der Waals surface area contributed by atoms with Gasteiger partial charge in [-0.25, -0.2) is 4.79 Å². The van der Waals surface area contributed by atoms with Crippen LogP contribution in [0, 0.1) is 5.92 Å². The highest BCUT2D eigenvalue weighted by Gasteiger charge is 2.45. The Morgan fingerprint density at radius 2 is 1.83 bits per heavy atom. The number of benzene rings is 1. The van der Waals surface area contributed by atoms with E-state index in [0.717, 1.165) is 12.8 Å². The smallest absolute Gasteiger partial charge is 0.337 e. The summed E-state index contributed by atoms with van der Waals surface area (Å²) in [5, 5.41) is 0. The van der Waals surface area contributed by atoms with Crippen LogP contribution in [0.15, 0.2) is 24.3 Å². The van der Waals surface area contributed by atoms with E-state index >= 15 is 0 Å². The highest BCUT2D eigenvalue weighted by atomic mass is 19.3. The van der Waals surface area contributed by atoms with Gasteiger partial charge in [0, 0.05) is 12.3 Å².